The Morgan fingerprint density at radius 2 is 1.52 bits per heavy atom. The van der Waals surface area contributed by atoms with E-state index >= 15 is 0 Å². The van der Waals surface area contributed by atoms with Crippen molar-refractivity contribution in [2.45, 2.75) is 17.6 Å². The van der Waals surface area contributed by atoms with E-state index in [0.717, 1.165) is 21.4 Å². The number of carbonyl (C=O) groups excluding carboxylic acids is 1. The summed E-state index contributed by atoms with van der Waals surface area (Å²) >= 11 is 1.72. The second-order valence-electron chi connectivity index (χ2n) is 7.05. The maximum absolute atomic E-state index is 13.2. The summed E-state index contributed by atoms with van der Waals surface area (Å²) in [5.74, 6) is 1.28. The molecule has 0 aliphatic carbocycles. The van der Waals surface area contributed by atoms with Crippen LogP contribution in [0.3, 0.4) is 0 Å². The van der Waals surface area contributed by atoms with Gasteiger partial charge in [0.1, 0.15) is 6.54 Å². The van der Waals surface area contributed by atoms with Gasteiger partial charge in [0.05, 0.1) is 10.6 Å². The largest absolute Gasteiger partial charge is 0.354 e. The molecule has 0 fully saturated rings. The third-order valence-electron chi connectivity index (χ3n) is 4.62. The Balaban J connectivity index is 1.63. The van der Waals surface area contributed by atoms with Crippen molar-refractivity contribution < 1.29 is 13.2 Å². The monoisotopic (exact) mass is 454 g/mol. The van der Waals surface area contributed by atoms with Gasteiger partial charge in [0, 0.05) is 18.1 Å². The fourth-order valence-electron chi connectivity index (χ4n) is 2.96. The molecule has 3 aromatic rings. The minimum Gasteiger partial charge on any atom is -0.354 e. The van der Waals surface area contributed by atoms with Crippen LogP contribution in [-0.4, -0.2) is 33.2 Å². The maximum Gasteiger partial charge on any atom is 0.264 e. The summed E-state index contributed by atoms with van der Waals surface area (Å²) in [6.45, 7) is 2.13. The van der Waals surface area contributed by atoms with E-state index in [9.17, 15) is 13.2 Å². The van der Waals surface area contributed by atoms with Gasteiger partial charge in [-0.3, -0.25) is 9.10 Å². The normalized spacial score (nSPS) is 11.1. The maximum atomic E-state index is 13.2. The molecule has 3 aromatic carbocycles. The van der Waals surface area contributed by atoms with Gasteiger partial charge in [-0.25, -0.2) is 8.42 Å². The number of thioether (sulfide) groups is 1. The Kier molecular flexibility index (Phi) is 8.14. The Hall–Kier alpha value is -2.77. The van der Waals surface area contributed by atoms with E-state index < -0.39 is 10.0 Å². The number of carbonyl (C=O) groups is 1. The molecule has 0 atom stereocenters. The topological polar surface area (TPSA) is 66.5 Å². The van der Waals surface area contributed by atoms with E-state index in [1.54, 1.807) is 42.1 Å². The van der Waals surface area contributed by atoms with E-state index in [1.807, 2.05) is 37.3 Å². The van der Waals surface area contributed by atoms with Crippen LogP contribution in [0, 0.1) is 6.92 Å². The number of aryl methyl sites for hydroxylation is 1. The molecule has 0 bridgehead atoms. The minimum absolute atomic E-state index is 0.154. The number of nitrogens with zero attached hydrogens (tertiary/aromatic N) is 1. The molecule has 162 valence electrons. The summed E-state index contributed by atoms with van der Waals surface area (Å²) in [6.07, 6.45) is 0. The van der Waals surface area contributed by atoms with Crippen molar-refractivity contribution in [2.75, 3.05) is 23.1 Å². The summed E-state index contributed by atoms with van der Waals surface area (Å²) in [4.78, 5) is 12.7. The molecule has 0 heterocycles. The van der Waals surface area contributed by atoms with Gasteiger partial charge >= 0.3 is 0 Å². The van der Waals surface area contributed by atoms with E-state index in [2.05, 4.69) is 17.4 Å². The van der Waals surface area contributed by atoms with Crippen LogP contribution >= 0.6 is 11.8 Å². The zero-order valence-corrected chi connectivity index (χ0v) is 19.0. The molecule has 7 heteroatoms. The van der Waals surface area contributed by atoms with Crippen LogP contribution in [0.2, 0.25) is 0 Å². The second-order valence-corrected chi connectivity index (χ2v) is 10.0. The molecule has 1 amide bonds. The quantitative estimate of drug-likeness (QED) is 0.466. The van der Waals surface area contributed by atoms with Crippen molar-refractivity contribution in [3.05, 3.63) is 96.1 Å². The SMILES string of the molecule is Cc1ccc(N(CC(=O)NCCSCc2ccccc2)S(=O)(=O)c2ccccc2)cc1. The lowest BCUT2D eigenvalue weighted by Gasteiger charge is -2.24. The predicted octanol–water partition coefficient (Wildman–Crippen LogP) is 4.24. The van der Waals surface area contributed by atoms with Crippen LogP contribution in [0.5, 0.6) is 0 Å². The summed E-state index contributed by atoms with van der Waals surface area (Å²) in [5, 5.41) is 2.84. The van der Waals surface area contributed by atoms with E-state index in [4.69, 9.17) is 0 Å². The lowest BCUT2D eigenvalue weighted by molar-refractivity contribution is -0.119. The van der Waals surface area contributed by atoms with Crippen molar-refractivity contribution in [2.24, 2.45) is 0 Å². The smallest absolute Gasteiger partial charge is 0.264 e. The van der Waals surface area contributed by atoms with E-state index in [-0.39, 0.29) is 17.3 Å². The van der Waals surface area contributed by atoms with Crippen molar-refractivity contribution in [3.63, 3.8) is 0 Å². The minimum atomic E-state index is -3.87. The van der Waals surface area contributed by atoms with Crippen LogP contribution in [0.25, 0.3) is 0 Å². The number of rotatable bonds is 10. The number of amides is 1. The van der Waals surface area contributed by atoms with Crippen LogP contribution in [0.15, 0.2) is 89.8 Å². The first-order chi connectivity index (χ1) is 15.0. The first-order valence-corrected chi connectivity index (χ1v) is 12.6. The van der Waals surface area contributed by atoms with Gasteiger partial charge in [-0.05, 0) is 36.8 Å². The number of benzene rings is 3. The first-order valence-electron chi connectivity index (χ1n) is 9.99. The van der Waals surface area contributed by atoms with Crippen LogP contribution in [0.1, 0.15) is 11.1 Å². The molecule has 0 saturated carbocycles. The molecular formula is C24H26N2O3S2. The third-order valence-corrected chi connectivity index (χ3v) is 7.44. The zero-order valence-electron chi connectivity index (χ0n) is 17.4. The molecule has 0 spiro atoms. The Bertz CT molecular complexity index is 1070. The molecule has 0 aliphatic rings. The molecule has 0 aromatic heterocycles. The van der Waals surface area contributed by atoms with E-state index in [1.165, 1.54) is 17.7 Å². The number of nitrogens with one attached hydrogen (secondary N) is 1. The first kappa shape index (κ1) is 22.9. The molecule has 0 saturated heterocycles. The van der Waals surface area contributed by atoms with Gasteiger partial charge in [0.15, 0.2) is 0 Å². The van der Waals surface area contributed by atoms with Crippen molar-refractivity contribution in [3.8, 4) is 0 Å². The molecule has 1 N–H and O–H groups in total. The second kappa shape index (κ2) is 11.0. The van der Waals surface area contributed by atoms with Gasteiger partial charge < -0.3 is 5.32 Å². The van der Waals surface area contributed by atoms with Crippen molar-refractivity contribution in [1.82, 2.24) is 5.32 Å². The third kappa shape index (κ3) is 6.60. The molecular weight excluding hydrogens is 428 g/mol. The van der Waals surface area contributed by atoms with Gasteiger partial charge in [-0.1, -0.05) is 66.2 Å². The predicted molar refractivity (Wildman–Crippen MR) is 128 cm³/mol. The van der Waals surface area contributed by atoms with E-state index in [0.29, 0.717) is 12.2 Å². The van der Waals surface area contributed by atoms with Crippen LogP contribution in [-0.2, 0) is 20.6 Å². The van der Waals surface area contributed by atoms with Gasteiger partial charge in [-0.2, -0.15) is 11.8 Å². The van der Waals surface area contributed by atoms with Crippen molar-refractivity contribution in [1.29, 1.82) is 0 Å². The molecule has 0 aliphatic heterocycles. The highest BCUT2D eigenvalue weighted by Crippen LogP contribution is 2.23. The number of hydrogen-bond donors (Lipinski definition) is 1. The molecule has 31 heavy (non-hydrogen) atoms. The average molecular weight is 455 g/mol. The summed E-state index contributed by atoms with van der Waals surface area (Å²) in [6, 6.07) is 25.4. The lowest BCUT2D eigenvalue weighted by atomic mass is 10.2. The Labute approximate surface area is 188 Å². The summed E-state index contributed by atoms with van der Waals surface area (Å²) in [7, 11) is -3.87. The molecule has 0 radical (unpaired) electrons. The van der Waals surface area contributed by atoms with Crippen LogP contribution in [0.4, 0.5) is 5.69 Å². The number of anilines is 1. The number of sulfonamides is 1. The standard InChI is InChI=1S/C24H26N2O3S2/c1-20-12-14-22(15-13-20)26(31(28,29)23-10-6-3-7-11-23)18-24(27)25-16-17-30-19-21-8-4-2-5-9-21/h2-15H,16-19H2,1H3,(H,25,27). The molecule has 3 rings (SSSR count). The van der Waals surface area contributed by atoms with Gasteiger partial charge in [0.25, 0.3) is 10.0 Å². The summed E-state index contributed by atoms with van der Waals surface area (Å²) in [5.41, 5.74) is 2.71. The number of hydrogen-bond acceptors (Lipinski definition) is 4. The fourth-order valence-corrected chi connectivity index (χ4v) is 5.22. The highest BCUT2D eigenvalue weighted by molar-refractivity contribution is 7.98. The highest BCUT2D eigenvalue weighted by Gasteiger charge is 2.26. The van der Waals surface area contributed by atoms with Gasteiger partial charge in [-0.15, -0.1) is 0 Å². The van der Waals surface area contributed by atoms with Crippen molar-refractivity contribution >= 4 is 33.4 Å². The molecule has 0 unspecified atom stereocenters. The lowest BCUT2D eigenvalue weighted by Crippen LogP contribution is -2.41. The highest BCUT2D eigenvalue weighted by atomic mass is 32.2. The Morgan fingerprint density at radius 3 is 2.16 bits per heavy atom. The molecule has 5 nitrogen and oxygen atoms in total. The average Bonchev–Trinajstić information content (AvgIpc) is 2.79. The zero-order chi connectivity index (χ0) is 22.1. The van der Waals surface area contributed by atoms with Crippen LogP contribution < -0.4 is 9.62 Å². The fraction of sp³-hybridized carbons (Fsp3) is 0.208. The summed E-state index contributed by atoms with van der Waals surface area (Å²) < 4.78 is 27.6. The van der Waals surface area contributed by atoms with Gasteiger partial charge in [0.2, 0.25) is 5.91 Å². The Morgan fingerprint density at radius 1 is 0.903 bits per heavy atom.